The number of amides is 4. The van der Waals surface area contributed by atoms with Crippen molar-refractivity contribution >= 4 is 57.9 Å². The molecule has 5 atom stereocenters. The minimum atomic E-state index is -1.53. The molecule has 4 rings (SSSR count). The highest BCUT2D eigenvalue weighted by molar-refractivity contribution is 6.38. The second-order valence-electron chi connectivity index (χ2n) is 12.6. The number of aryl methyl sites for hydroxylation is 2. The van der Waals surface area contributed by atoms with E-state index in [2.05, 4.69) is 15.6 Å². The molecular weight excluding hydrogens is 629 g/mol. The minimum Gasteiger partial charge on any atom is -0.465 e. The number of benzene rings is 2. The van der Waals surface area contributed by atoms with E-state index in [1.165, 1.54) is 0 Å². The zero-order chi connectivity index (χ0) is 33.9. The van der Waals surface area contributed by atoms with Gasteiger partial charge in [0.15, 0.2) is 0 Å². The number of nitrogens with zero attached hydrogens (tertiary/aromatic N) is 1. The molecule has 0 bridgehead atoms. The zero-order valence-corrected chi connectivity index (χ0v) is 28.4. The van der Waals surface area contributed by atoms with Crippen LogP contribution < -0.4 is 16.4 Å². The van der Waals surface area contributed by atoms with Gasteiger partial charge in [0.1, 0.15) is 17.6 Å². The number of nitrogens with one attached hydrogen (secondary N) is 3. The summed E-state index contributed by atoms with van der Waals surface area (Å²) in [6.07, 6.45) is 0.449. The van der Waals surface area contributed by atoms with Crippen LogP contribution in [-0.2, 0) is 33.8 Å². The highest BCUT2D eigenvalue weighted by atomic mass is 35.5. The molecule has 3 aromatic rings. The van der Waals surface area contributed by atoms with Gasteiger partial charge in [0.05, 0.1) is 10.5 Å². The van der Waals surface area contributed by atoms with E-state index in [9.17, 15) is 24.3 Å². The Bertz CT molecular complexity index is 1640. The summed E-state index contributed by atoms with van der Waals surface area (Å²) in [6, 6.07) is 8.76. The maximum atomic E-state index is 14.4. The fourth-order valence-corrected chi connectivity index (χ4v) is 6.91. The molecule has 248 valence electrons. The minimum absolute atomic E-state index is 0.0139. The van der Waals surface area contributed by atoms with Gasteiger partial charge in [-0.05, 0) is 54.9 Å². The average molecular weight is 673 g/mol. The summed E-state index contributed by atoms with van der Waals surface area (Å²) in [5.41, 5.74) is 8.17. The van der Waals surface area contributed by atoms with Crippen LogP contribution >= 0.6 is 23.2 Å². The van der Waals surface area contributed by atoms with Gasteiger partial charge in [-0.2, -0.15) is 0 Å². The number of fused-ring (bicyclic) bond motifs is 3. The lowest BCUT2D eigenvalue weighted by molar-refractivity contribution is -0.139. The van der Waals surface area contributed by atoms with Gasteiger partial charge in [0.25, 0.3) is 0 Å². The molecule has 0 aliphatic heterocycles. The Labute approximate surface area is 279 Å². The standard InChI is InChI=1S/C34H43Cl2N5O5/c1-6-19(4)27(30(37)42)39-32(44)34(12-11-26-24(16-34)23-14-22(35)15-25(36)28(23)38-26)40-31(43)29(20(5)7-2)41(33(45)46)17-21-10-8-9-18(3)13-21/h8-10,13-15,19-20,27,29,38H,6-7,11-12,16-17H2,1-5H3,(H2,37,42)(H,39,44)(H,40,43)(H,45,46)/t19?,20?,27-,29-,34+/m0/s1. The monoisotopic (exact) mass is 671 g/mol. The number of aromatic amines is 1. The Hall–Kier alpha value is -3.76. The van der Waals surface area contributed by atoms with Gasteiger partial charge in [-0.15, -0.1) is 0 Å². The molecule has 0 radical (unpaired) electrons. The Balaban J connectivity index is 1.79. The summed E-state index contributed by atoms with van der Waals surface area (Å²) < 4.78 is 0. The third-order valence-corrected chi connectivity index (χ3v) is 9.89. The lowest BCUT2D eigenvalue weighted by atomic mass is 9.78. The summed E-state index contributed by atoms with van der Waals surface area (Å²) >= 11 is 12.9. The van der Waals surface area contributed by atoms with E-state index in [4.69, 9.17) is 28.9 Å². The van der Waals surface area contributed by atoms with Crippen LogP contribution in [-0.4, -0.2) is 56.4 Å². The first-order valence-electron chi connectivity index (χ1n) is 15.7. The molecule has 6 N–H and O–H groups in total. The predicted molar refractivity (Wildman–Crippen MR) is 180 cm³/mol. The second kappa shape index (κ2) is 14.3. The van der Waals surface area contributed by atoms with Crippen LogP contribution in [0.5, 0.6) is 0 Å². The van der Waals surface area contributed by atoms with Crippen molar-refractivity contribution in [1.82, 2.24) is 20.5 Å². The number of rotatable bonds is 12. The van der Waals surface area contributed by atoms with Crippen molar-refractivity contribution in [3.63, 3.8) is 0 Å². The molecular formula is C34H43Cl2N5O5. The number of aromatic nitrogens is 1. The highest BCUT2D eigenvalue weighted by Crippen LogP contribution is 2.38. The first kappa shape index (κ1) is 35.1. The predicted octanol–water partition coefficient (Wildman–Crippen LogP) is 5.74. The molecule has 2 unspecified atom stereocenters. The van der Waals surface area contributed by atoms with Crippen LogP contribution in [0.4, 0.5) is 4.79 Å². The SMILES string of the molecule is CCC(C)[C@H](NC(=O)[C@@]1(NC(=O)[C@H](C(C)CC)N(Cc2cccc(C)c2)C(=O)O)CCc2[nH]c3c(Cl)cc(Cl)cc3c2C1)C(N)=O. The van der Waals surface area contributed by atoms with E-state index in [1.54, 1.807) is 12.1 Å². The van der Waals surface area contributed by atoms with Crippen LogP contribution in [0.2, 0.25) is 10.0 Å². The molecule has 0 spiro atoms. The molecule has 1 aliphatic carbocycles. The van der Waals surface area contributed by atoms with E-state index in [1.807, 2.05) is 58.9 Å². The number of hydrogen-bond donors (Lipinski definition) is 5. The van der Waals surface area contributed by atoms with E-state index in [0.29, 0.717) is 34.8 Å². The van der Waals surface area contributed by atoms with Crippen LogP contribution in [0.15, 0.2) is 36.4 Å². The van der Waals surface area contributed by atoms with Crippen molar-refractivity contribution in [3.8, 4) is 0 Å². The van der Waals surface area contributed by atoms with E-state index in [0.717, 1.165) is 32.7 Å². The van der Waals surface area contributed by atoms with Gasteiger partial charge >= 0.3 is 6.09 Å². The molecule has 1 aromatic heterocycles. The molecule has 4 amide bonds. The molecule has 0 fully saturated rings. The van der Waals surface area contributed by atoms with Crippen molar-refractivity contribution in [3.05, 3.63) is 68.8 Å². The van der Waals surface area contributed by atoms with Crippen molar-refractivity contribution in [2.75, 3.05) is 0 Å². The number of nitrogens with two attached hydrogens (primary N) is 1. The Kier molecular flexibility index (Phi) is 10.9. The maximum Gasteiger partial charge on any atom is 0.408 e. The molecule has 1 aliphatic rings. The van der Waals surface area contributed by atoms with Gasteiger partial charge in [-0.3, -0.25) is 19.3 Å². The quantitative estimate of drug-likeness (QED) is 0.166. The fourth-order valence-electron chi connectivity index (χ4n) is 6.37. The summed E-state index contributed by atoms with van der Waals surface area (Å²) in [6.45, 7) is 9.31. The largest absolute Gasteiger partial charge is 0.465 e. The summed E-state index contributed by atoms with van der Waals surface area (Å²) in [4.78, 5) is 58.4. The normalized spacial score (nSPS) is 18.6. The van der Waals surface area contributed by atoms with E-state index in [-0.39, 0.29) is 31.2 Å². The highest BCUT2D eigenvalue weighted by Gasteiger charge is 2.47. The number of primary amides is 1. The van der Waals surface area contributed by atoms with Crippen molar-refractivity contribution in [2.24, 2.45) is 17.6 Å². The number of carbonyl (C=O) groups excluding carboxylic acids is 3. The molecule has 0 saturated heterocycles. The third kappa shape index (κ3) is 7.28. The number of hydrogen-bond acceptors (Lipinski definition) is 4. The molecule has 0 saturated carbocycles. The molecule has 10 nitrogen and oxygen atoms in total. The maximum absolute atomic E-state index is 14.4. The van der Waals surface area contributed by atoms with Gasteiger partial charge in [0.2, 0.25) is 17.7 Å². The molecule has 2 aromatic carbocycles. The van der Waals surface area contributed by atoms with Crippen LogP contribution in [0.1, 0.15) is 69.3 Å². The van der Waals surface area contributed by atoms with Gasteiger partial charge in [0, 0.05) is 29.1 Å². The van der Waals surface area contributed by atoms with Gasteiger partial charge in [-0.1, -0.05) is 93.6 Å². The van der Waals surface area contributed by atoms with Crippen LogP contribution in [0, 0.1) is 18.8 Å². The van der Waals surface area contributed by atoms with Crippen molar-refractivity contribution < 1.29 is 24.3 Å². The van der Waals surface area contributed by atoms with E-state index < -0.39 is 41.4 Å². The van der Waals surface area contributed by atoms with Crippen LogP contribution in [0.3, 0.4) is 0 Å². The smallest absolute Gasteiger partial charge is 0.408 e. The van der Waals surface area contributed by atoms with Gasteiger partial charge in [-0.25, -0.2) is 4.79 Å². The number of carboxylic acid groups (broad SMARTS) is 1. The Morgan fingerprint density at radius 3 is 2.39 bits per heavy atom. The third-order valence-electron chi connectivity index (χ3n) is 9.37. The average Bonchev–Trinajstić information content (AvgIpc) is 3.36. The zero-order valence-electron chi connectivity index (χ0n) is 26.9. The summed E-state index contributed by atoms with van der Waals surface area (Å²) in [7, 11) is 0. The number of halogens is 2. The van der Waals surface area contributed by atoms with Crippen molar-refractivity contribution in [1.29, 1.82) is 0 Å². The Morgan fingerprint density at radius 1 is 1.09 bits per heavy atom. The summed E-state index contributed by atoms with van der Waals surface area (Å²) in [5.74, 6) is -2.49. The lowest BCUT2D eigenvalue weighted by Gasteiger charge is -2.41. The number of carbonyl (C=O) groups is 4. The van der Waals surface area contributed by atoms with E-state index >= 15 is 0 Å². The lowest BCUT2D eigenvalue weighted by Crippen LogP contribution is -2.67. The molecule has 1 heterocycles. The van der Waals surface area contributed by atoms with Gasteiger partial charge < -0.3 is 26.5 Å². The number of H-pyrrole nitrogens is 1. The fraction of sp³-hybridized carbons (Fsp3) is 0.471. The first-order chi connectivity index (χ1) is 21.7. The topological polar surface area (TPSA) is 158 Å². The molecule has 46 heavy (non-hydrogen) atoms. The summed E-state index contributed by atoms with van der Waals surface area (Å²) in [5, 5.41) is 17.8. The Morgan fingerprint density at radius 2 is 1.78 bits per heavy atom. The van der Waals surface area contributed by atoms with Crippen LogP contribution in [0.25, 0.3) is 10.9 Å². The second-order valence-corrected chi connectivity index (χ2v) is 13.5. The molecule has 12 heteroatoms. The first-order valence-corrected chi connectivity index (χ1v) is 16.4. The van der Waals surface area contributed by atoms with Crippen molar-refractivity contribution in [2.45, 2.75) is 90.9 Å².